The molecule has 2 heterocycles. The summed E-state index contributed by atoms with van der Waals surface area (Å²) in [6, 6.07) is 10.1. The molecule has 0 atom stereocenters. The van der Waals surface area contributed by atoms with Gasteiger partial charge in [0.15, 0.2) is 0 Å². The normalized spacial score (nSPS) is 14.9. The van der Waals surface area contributed by atoms with Crippen molar-refractivity contribution in [1.29, 1.82) is 0 Å². The lowest BCUT2D eigenvalue weighted by Crippen LogP contribution is -2.22. The number of aromatic nitrogens is 2. The molecule has 0 aliphatic carbocycles. The Labute approximate surface area is 88.7 Å². The van der Waals surface area contributed by atoms with Crippen LogP contribution in [-0.4, -0.2) is 16.3 Å². The van der Waals surface area contributed by atoms with Gasteiger partial charge in [0.2, 0.25) is 0 Å². The number of fused-ring (bicyclic) bond motifs is 1. The molecule has 0 saturated heterocycles. The Balaban J connectivity index is 2.09. The summed E-state index contributed by atoms with van der Waals surface area (Å²) in [4.78, 5) is 0. The van der Waals surface area contributed by atoms with Crippen LogP contribution in [0.5, 0.6) is 0 Å². The molecule has 0 spiro atoms. The number of benzene rings is 1. The van der Waals surface area contributed by atoms with Crippen molar-refractivity contribution in [3.63, 3.8) is 0 Å². The summed E-state index contributed by atoms with van der Waals surface area (Å²) in [6.45, 7) is 4.11. The molecule has 0 bridgehead atoms. The van der Waals surface area contributed by atoms with Gasteiger partial charge in [0.25, 0.3) is 0 Å². The Bertz CT molecular complexity index is 459. The zero-order valence-electron chi connectivity index (χ0n) is 8.27. The van der Waals surface area contributed by atoms with E-state index in [0.717, 1.165) is 24.3 Å². The quantitative estimate of drug-likeness (QED) is 0.749. The minimum Gasteiger partial charge on any atom is -0.302 e. The van der Waals surface area contributed by atoms with Crippen LogP contribution < -0.4 is 5.32 Å². The lowest BCUT2D eigenvalue weighted by Gasteiger charge is -2.13. The number of hydrogen-bond acceptors (Lipinski definition) is 2. The zero-order valence-corrected chi connectivity index (χ0v) is 8.27. The van der Waals surface area contributed by atoms with Crippen molar-refractivity contribution in [2.75, 3.05) is 6.54 Å². The summed E-state index contributed by atoms with van der Waals surface area (Å²) in [5.74, 6) is 0. The first-order valence-corrected chi connectivity index (χ1v) is 5.06. The number of nitrogens with zero attached hydrogens (tertiary/aromatic N) is 2. The number of para-hydroxylation sites is 1. The van der Waals surface area contributed by atoms with Crippen LogP contribution in [0.1, 0.15) is 11.3 Å². The smallest absolute Gasteiger partial charge is 0.114 e. The lowest BCUT2D eigenvalue weighted by molar-refractivity contribution is 0.722. The molecule has 1 aromatic carbocycles. The molecule has 1 aliphatic heterocycles. The van der Waals surface area contributed by atoms with Crippen LogP contribution in [0.15, 0.2) is 36.5 Å². The van der Waals surface area contributed by atoms with Crippen molar-refractivity contribution in [2.45, 2.75) is 6.42 Å². The summed E-state index contributed by atoms with van der Waals surface area (Å²) in [5.41, 5.74) is 3.39. The van der Waals surface area contributed by atoms with Gasteiger partial charge in [-0.25, -0.2) is 4.68 Å². The van der Waals surface area contributed by atoms with E-state index >= 15 is 0 Å². The summed E-state index contributed by atoms with van der Waals surface area (Å²) in [7, 11) is 0. The van der Waals surface area contributed by atoms with E-state index in [1.54, 1.807) is 0 Å². The van der Waals surface area contributed by atoms with E-state index in [0.29, 0.717) is 0 Å². The molecule has 2 aromatic rings. The predicted molar refractivity (Wildman–Crippen MR) is 57.6 cm³/mol. The molecule has 0 amide bonds. The van der Waals surface area contributed by atoms with Crippen molar-refractivity contribution in [1.82, 2.24) is 15.1 Å². The lowest BCUT2D eigenvalue weighted by atomic mass is 10.1. The van der Waals surface area contributed by atoms with Crippen molar-refractivity contribution in [3.8, 4) is 5.69 Å². The van der Waals surface area contributed by atoms with Gasteiger partial charge in [-0.1, -0.05) is 18.2 Å². The minimum atomic E-state index is 0.952. The second kappa shape index (κ2) is 3.51. The molecule has 2 radical (unpaired) electrons. The highest BCUT2D eigenvalue weighted by atomic mass is 15.3. The molecule has 0 saturated carbocycles. The zero-order chi connectivity index (χ0) is 10.1. The average Bonchev–Trinajstić information content (AvgIpc) is 2.74. The second-order valence-corrected chi connectivity index (χ2v) is 3.57. The van der Waals surface area contributed by atoms with Gasteiger partial charge < -0.3 is 5.32 Å². The first-order chi connectivity index (χ1) is 7.45. The number of rotatable bonds is 1. The van der Waals surface area contributed by atoms with Crippen molar-refractivity contribution >= 4 is 0 Å². The summed E-state index contributed by atoms with van der Waals surface area (Å²) < 4.78 is 1.92. The Morgan fingerprint density at radius 1 is 1.27 bits per heavy atom. The molecule has 0 unspecified atom stereocenters. The predicted octanol–water partition coefficient (Wildman–Crippen LogP) is 1.40. The van der Waals surface area contributed by atoms with Gasteiger partial charge in [0.1, 0.15) is 6.54 Å². The fourth-order valence-electron chi connectivity index (χ4n) is 1.81. The molecule has 74 valence electrons. The van der Waals surface area contributed by atoms with Gasteiger partial charge in [0.05, 0.1) is 17.6 Å². The van der Waals surface area contributed by atoms with Crippen molar-refractivity contribution in [3.05, 3.63) is 54.3 Å². The van der Waals surface area contributed by atoms with Crippen LogP contribution in [0.25, 0.3) is 5.69 Å². The van der Waals surface area contributed by atoms with Gasteiger partial charge >= 0.3 is 0 Å². The molecule has 1 aliphatic rings. The van der Waals surface area contributed by atoms with Gasteiger partial charge in [0, 0.05) is 6.54 Å². The highest BCUT2D eigenvalue weighted by Crippen LogP contribution is 2.18. The molecular weight excluding hydrogens is 186 g/mol. The van der Waals surface area contributed by atoms with Crippen LogP contribution in [0, 0.1) is 6.54 Å². The Morgan fingerprint density at radius 3 is 3.00 bits per heavy atom. The topological polar surface area (TPSA) is 29.9 Å². The molecule has 1 N–H and O–H groups in total. The van der Waals surface area contributed by atoms with E-state index in [2.05, 4.69) is 17.0 Å². The van der Waals surface area contributed by atoms with Gasteiger partial charge in [-0.2, -0.15) is 5.10 Å². The number of hydrogen-bond donors (Lipinski definition) is 1. The summed E-state index contributed by atoms with van der Waals surface area (Å²) >= 11 is 0. The van der Waals surface area contributed by atoms with Gasteiger partial charge in [-0.15, -0.1) is 0 Å². The second-order valence-electron chi connectivity index (χ2n) is 3.57. The minimum absolute atomic E-state index is 0.952. The maximum absolute atomic E-state index is 4.38. The Morgan fingerprint density at radius 2 is 2.13 bits per heavy atom. The Kier molecular flexibility index (Phi) is 2.03. The summed E-state index contributed by atoms with van der Waals surface area (Å²) in [6.07, 6.45) is 2.95. The molecule has 1 aromatic heterocycles. The maximum Gasteiger partial charge on any atom is 0.114 e. The molecule has 15 heavy (non-hydrogen) atoms. The first kappa shape index (κ1) is 8.68. The summed E-state index contributed by atoms with van der Waals surface area (Å²) in [5, 5.41) is 7.51. The third kappa shape index (κ3) is 1.45. The largest absolute Gasteiger partial charge is 0.302 e. The molecule has 3 heteroatoms. The number of nitrogens with one attached hydrogen (secondary N) is 1. The van der Waals surface area contributed by atoms with Crippen LogP contribution in [0.3, 0.4) is 0 Å². The third-order valence-corrected chi connectivity index (χ3v) is 2.57. The molecule has 0 fully saturated rings. The van der Waals surface area contributed by atoms with Crippen molar-refractivity contribution in [2.24, 2.45) is 0 Å². The highest BCUT2D eigenvalue weighted by Gasteiger charge is 2.15. The molecule has 3 nitrogen and oxygen atoms in total. The highest BCUT2D eigenvalue weighted by molar-refractivity contribution is 5.38. The standard InChI is InChI=1S/C12H11N3/c1-2-4-11(5-3-1)15-12-9-13-7-6-10(12)8-14-15/h1-5,8,13H,6-7H2. The molecular formula is C12H11N3. The molecule has 3 rings (SSSR count). The fourth-order valence-corrected chi connectivity index (χ4v) is 1.81. The van der Waals surface area contributed by atoms with Gasteiger partial charge in [-0.05, 0) is 24.1 Å². The van der Waals surface area contributed by atoms with Crippen LogP contribution in [0.4, 0.5) is 0 Å². The van der Waals surface area contributed by atoms with E-state index in [-0.39, 0.29) is 0 Å². The van der Waals surface area contributed by atoms with E-state index in [4.69, 9.17) is 0 Å². The van der Waals surface area contributed by atoms with Crippen LogP contribution in [0.2, 0.25) is 0 Å². The van der Waals surface area contributed by atoms with Crippen LogP contribution in [-0.2, 0) is 6.42 Å². The third-order valence-electron chi connectivity index (χ3n) is 2.57. The maximum atomic E-state index is 4.38. The van der Waals surface area contributed by atoms with E-state index in [9.17, 15) is 0 Å². The van der Waals surface area contributed by atoms with E-state index < -0.39 is 0 Å². The SMILES string of the molecule is [C]1NCCc2cnn(-c3ccccc3)c21. The van der Waals surface area contributed by atoms with E-state index in [1.807, 2.05) is 41.2 Å². The van der Waals surface area contributed by atoms with Gasteiger partial charge in [-0.3, -0.25) is 0 Å². The fraction of sp³-hybridized carbons (Fsp3) is 0.167. The van der Waals surface area contributed by atoms with Crippen LogP contribution >= 0.6 is 0 Å². The van der Waals surface area contributed by atoms with E-state index in [1.165, 1.54) is 5.56 Å². The first-order valence-electron chi connectivity index (χ1n) is 5.06. The Hall–Kier alpha value is -1.61. The average molecular weight is 197 g/mol. The monoisotopic (exact) mass is 197 g/mol. The van der Waals surface area contributed by atoms with Crippen molar-refractivity contribution < 1.29 is 0 Å².